The zero-order valence-corrected chi connectivity index (χ0v) is 12.1. The fraction of sp³-hybridized carbons (Fsp3) is 0.533. The van der Waals surface area contributed by atoms with Gasteiger partial charge in [-0.3, -0.25) is 4.79 Å². The number of hydrogen-bond acceptors (Lipinski definition) is 2. The van der Waals surface area contributed by atoms with E-state index >= 15 is 0 Å². The Hall–Kier alpha value is -1.02. The van der Waals surface area contributed by atoms with Crippen molar-refractivity contribution in [2.75, 3.05) is 6.61 Å². The molecule has 3 heteroatoms. The zero-order valence-electron chi connectivity index (χ0n) is 11.3. The molecule has 0 atom stereocenters. The van der Waals surface area contributed by atoms with Gasteiger partial charge < -0.3 is 4.74 Å². The van der Waals surface area contributed by atoms with Gasteiger partial charge in [-0.1, -0.05) is 38.4 Å². The molecule has 0 saturated heterocycles. The number of hydrogen-bond donors (Lipinski definition) is 0. The number of Topliss-reactive ketones (excluding diaryl/α,β-unsaturated/α-hetero) is 1. The SMILES string of the molecule is CC(C)(C)CCCC(=O)COc1cccc(Cl)c1. The van der Waals surface area contributed by atoms with E-state index in [4.69, 9.17) is 16.3 Å². The van der Waals surface area contributed by atoms with Crippen LogP contribution in [0.3, 0.4) is 0 Å². The molecular weight excluding hydrogens is 248 g/mol. The second kappa shape index (κ2) is 6.79. The molecule has 0 aromatic heterocycles. The van der Waals surface area contributed by atoms with Gasteiger partial charge in [0, 0.05) is 11.4 Å². The molecule has 1 aromatic rings. The maximum Gasteiger partial charge on any atom is 0.170 e. The van der Waals surface area contributed by atoms with Crippen molar-refractivity contribution in [2.45, 2.75) is 40.0 Å². The number of benzene rings is 1. The molecule has 0 saturated carbocycles. The van der Waals surface area contributed by atoms with Gasteiger partial charge in [0.15, 0.2) is 5.78 Å². The normalized spacial score (nSPS) is 11.3. The number of ether oxygens (including phenoxy) is 1. The highest BCUT2D eigenvalue weighted by Crippen LogP contribution is 2.21. The third-order valence-corrected chi connectivity index (χ3v) is 2.81. The van der Waals surface area contributed by atoms with Gasteiger partial charge in [0.25, 0.3) is 0 Å². The Bertz CT molecular complexity index is 394. The molecule has 0 aliphatic heterocycles. The lowest BCUT2D eigenvalue weighted by Gasteiger charge is -2.17. The largest absolute Gasteiger partial charge is 0.486 e. The summed E-state index contributed by atoms with van der Waals surface area (Å²) in [6.45, 7) is 6.67. The first kappa shape index (κ1) is 15.0. The summed E-state index contributed by atoms with van der Waals surface area (Å²) < 4.78 is 5.40. The van der Waals surface area contributed by atoms with Crippen LogP contribution < -0.4 is 4.74 Å². The van der Waals surface area contributed by atoms with Crippen molar-refractivity contribution in [3.63, 3.8) is 0 Å². The third kappa shape index (κ3) is 6.65. The van der Waals surface area contributed by atoms with Gasteiger partial charge in [-0.25, -0.2) is 0 Å². The second-order valence-corrected chi connectivity index (χ2v) is 6.14. The van der Waals surface area contributed by atoms with Gasteiger partial charge in [0.1, 0.15) is 12.4 Å². The summed E-state index contributed by atoms with van der Waals surface area (Å²) in [6.07, 6.45) is 2.55. The summed E-state index contributed by atoms with van der Waals surface area (Å²) in [4.78, 5) is 11.6. The lowest BCUT2D eigenvalue weighted by Crippen LogP contribution is -2.12. The Labute approximate surface area is 114 Å². The van der Waals surface area contributed by atoms with E-state index in [0.29, 0.717) is 17.2 Å². The molecule has 0 heterocycles. The molecule has 0 N–H and O–H groups in total. The van der Waals surface area contributed by atoms with Crippen LogP contribution in [0.1, 0.15) is 40.0 Å². The summed E-state index contributed by atoms with van der Waals surface area (Å²) in [5.74, 6) is 0.783. The Morgan fingerprint density at radius 2 is 2.06 bits per heavy atom. The molecule has 100 valence electrons. The number of carbonyl (C=O) groups excluding carboxylic acids is 1. The molecule has 0 unspecified atom stereocenters. The fourth-order valence-corrected chi connectivity index (χ4v) is 1.79. The van der Waals surface area contributed by atoms with E-state index in [1.54, 1.807) is 18.2 Å². The van der Waals surface area contributed by atoms with Crippen molar-refractivity contribution in [2.24, 2.45) is 5.41 Å². The molecule has 1 aromatic carbocycles. The minimum atomic E-state index is 0.129. The smallest absolute Gasteiger partial charge is 0.170 e. The summed E-state index contributed by atoms with van der Waals surface area (Å²) in [7, 11) is 0. The Morgan fingerprint density at radius 1 is 1.33 bits per heavy atom. The molecule has 0 fully saturated rings. The lowest BCUT2D eigenvalue weighted by molar-refractivity contribution is -0.121. The molecule has 2 nitrogen and oxygen atoms in total. The van der Waals surface area contributed by atoms with Crippen LogP contribution in [0, 0.1) is 5.41 Å². The second-order valence-electron chi connectivity index (χ2n) is 5.70. The number of ketones is 1. The number of carbonyl (C=O) groups is 1. The van der Waals surface area contributed by atoms with E-state index in [1.807, 2.05) is 6.07 Å². The Balaban J connectivity index is 2.25. The fourth-order valence-electron chi connectivity index (χ4n) is 1.61. The predicted molar refractivity (Wildman–Crippen MR) is 75.3 cm³/mol. The zero-order chi connectivity index (χ0) is 13.6. The van der Waals surface area contributed by atoms with E-state index < -0.39 is 0 Å². The highest BCUT2D eigenvalue weighted by Gasteiger charge is 2.11. The van der Waals surface area contributed by atoms with Crippen LogP contribution in [0.2, 0.25) is 5.02 Å². The monoisotopic (exact) mass is 268 g/mol. The third-order valence-electron chi connectivity index (χ3n) is 2.58. The Morgan fingerprint density at radius 3 is 2.67 bits per heavy atom. The molecule has 0 bridgehead atoms. The average molecular weight is 269 g/mol. The highest BCUT2D eigenvalue weighted by atomic mass is 35.5. The van der Waals surface area contributed by atoms with Crippen LogP contribution in [-0.4, -0.2) is 12.4 Å². The lowest BCUT2D eigenvalue weighted by atomic mass is 9.89. The maximum atomic E-state index is 11.6. The number of rotatable bonds is 6. The summed E-state index contributed by atoms with van der Waals surface area (Å²) in [6, 6.07) is 7.10. The van der Waals surface area contributed by atoms with Crippen molar-refractivity contribution in [3.8, 4) is 5.75 Å². The van der Waals surface area contributed by atoms with Crippen LogP contribution in [0.4, 0.5) is 0 Å². The molecule has 0 amide bonds. The van der Waals surface area contributed by atoms with E-state index in [1.165, 1.54) is 0 Å². The first-order valence-electron chi connectivity index (χ1n) is 6.27. The van der Waals surface area contributed by atoms with Crippen LogP contribution >= 0.6 is 11.6 Å². The van der Waals surface area contributed by atoms with Crippen LogP contribution in [0.5, 0.6) is 5.75 Å². The maximum absolute atomic E-state index is 11.6. The van der Waals surface area contributed by atoms with Crippen molar-refractivity contribution >= 4 is 17.4 Å². The van der Waals surface area contributed by atoms with Crippen LogP contribution in [0.15, 0.2) is 24.3 Å². The van der Waals surface area contributed by atoms with E-state index in [2.05, 4.69) is 20.8 Å². The van der Waals surface area contributed by atoms with E-state index in [-0.39, 0.29) is 17.8 Å². The molecular formula is C15H21ClO2. The standard InChI is InChI=1S/C15H21ClO2/c1-15(2,3)9-5-7-13(17)11-18-14-8-4-6-12(16)10-14/h4,6,8,10H,5,7,9,11H2,1-3H3. The number of halogens is 1. The van der Waals surface area contributed by atoms with Crippen LogP contribution in [-0.2, 0) is 4.79 Å². The van der Waals surface area contributed by atoms with Crippen molar-refractivity contribution < 1.29 is 9.53 Å². The quantitative estimate of drug-likeness (QED) is 0.759. The molecule has 0 aliphatic carbocycles. The molecule has 0 aliphatic rings. The van der Waals surface area contributed by atoms with Crippen molar-refractivity contribution in [1.29, 1.82) is 0 Å². The van der Waals surface area contributed by atoms with E-state index in [0.717, 1.165) is 12.8 Å². The average Bonchev–Trinajstić information content (AvgIpc) is 2.25. The minimum absolute atomic E-state index is 0.129. The summed E-state index contributed by atoms with van der Waals surface area (Å²) in [5, 5.41) is 0.618. The van der Waals surface area contributed by atoms with Gasteiger partial charge in [-0.2, -0.15) is 0 Å². The van der Waals surface area contributed by atoms with Gasteiger partial charge in [-0.15, -0.1) is 0 Å². The predicted octanol–water partition coefficient (Wildman–Crippen LogP) is 4.50. The molecule has 18 heavy (non-hydrogen) atoms. The molecule has 0 radical (unpaired) electrons. The topological polar surface area (TPSA) is 26.3 Å². The highest BCUT2D eigenvalue weighted by molar-refractivity contribution is 6.30. The summed E-state index contributed by atoms with van der Waals surface area (Å²) >= 11 is 5.83. The van der Waals surface area contributed by atoms with Crippen molar-refractivity contribution in [1.82, 2.24) is 0 Å². The van der Waals surface area contributed by atoms with Crippen molar-refractivity contribution in [3.05, 3.63) is 29.3 Å². The first-order chi connectivity index (χ1) is 8.37. The van der Waals surface area contributed by atoms with Gasteiger partial charge in [0.05, 0.1) is 0 Å². The van der Waals surface area contributed by atoms with Gasteiger partial charge >= 0.3 is 0 Å². The minimum Gasteiger partial charge on any atom is -0.486 e. The first-order valence-corrected chi connectivity index (χ1v) is 6.65. The summed E-state index contributed by atoms with van der Waals surface area (Å²) in [5.41, 5.74) is 0.286. The molecule has 0 spiro atoms. The molecule has 1 rings (SSSR count). The Kier molecular flexibility index (Phi) is 5.67. The van der Waals surface area contributed by atoms with Gasteiger partial charge in [0.2, 0.25) is 0 Å². The van der Waals surface area contributed by atoms with E-state index in [9.17, 15) is 4.79 Å². The van der Waals surface area contributed by atoms with Crippen LogP contribution in [0.25, 0.3) is 0 Å². The van der Waals surface area contributed by atoms with Gasteiger partial charge in [-0.05, 0) is 36.5 Å².